The first-order valence-electron chi connectivity index (χ1n) is 6.41. The van der Waals surface area contributed by atoms with Crippen molar-refractivity contribution in [1.82, 2.24) is 10.2 Å². The van der Waals surface area contributed by atoms with E-state index in [1.165, 1.54) is 12.8 Å². The van der Waals surface area contributed by atoms with Gasteiger partial charge in [-0.3, -0.25) is 10.1 Å². The summed E-state index contributed by atoms with van der Waals surface area (Å²) < 4.78 is 0.799. The lowest BCUT2D eigenvalue weighted by atomic mass is 10.1. The molecule has 1 atom stereocenters. The molecule has 0 spiro atoms. The van der Waals surface area contributed by atoms with Gasteiger partial charge in [0.1, 0.15) is 0 Å². The predicted octanol–water partition coefficient (Wildman–Crippen LogP) is 2.54. The van der Waals surface area contributed by atoms with Gasteiger partial charge in [0.15, 0.2) is 0 Å². The molecule has 1 unspecified atom stereocenters. The maximum Gasteiger partial charge on any atom is 0.270 e. The fourth-order valence-electron chi connectivity index (χ4n) is 2.42. The van der Waals surface area contributed by atoms with Gasteiger partial charge < -0.3 is 10.2 Å². The van der Waals surface area contributed by atoms with Crippen LogP contribution in [0.1, 0.15) is 18.4 Å². The van der Waals surface area contributed by atoms with Gasteiger partial charge in [0, 0.05) is 35.7 Å². The SMILES string of the molecule is CN(Cc1ccc([N+](=O)[O-])cc1Br)CC1CCCN1. The van der Waals surface area contributed by atoms with Crippen molar-refractivity contribution in [2.75, 3.05) is 20.1 Å². The second-order valence-electron chi connectivity index (χ2n) is 5.02. The van der Waals surface area contributed by atoms with Gasteiger partial charge in [0.25, 0.3) is 5.69 Å². The van der Waals surface area contributed by atoms with Crippen LogP contribution in [-0.4, -0.2) is 36.0 Å². The summed E-state index contributed by atoms with van der Waals surface area (Å²) in [4.78, 5) is 12.6. The molecule has 1 N–H and O–H groups in total. The third-order valence-corrected chi connectivity index (χ3v) is 4.12. The molecule has 0 bridgehead atoms. The fourth-order valence-corrected chi connectivity index (χ4v) is 2.91. The van der Waals surface area contributed by atoms with Gasteiger partial charge >= 0.3 is 0 Å². The number of nitrogens with zero attached hydrogens (tertiary/aromatic N) is 2. The Morgan fingerprint density at radius 1 is 1.58 bits per heavy atom. The van der Waals surface area contributed by atoms with Gasteiger partial charge in [-0.25, -0.2) is 0 Å². The minimum absolute atomic E-state index is 0.121. The van der Waals surface area contributed by atoms with Crippen LogP contribution in [0, 0.1) is 10.1 Å². The van der Waals surface area contributed by atoms with Crippen molar-refractivity contribution in [2.24, 2.45) is 0 Å². The van der Waals surface area contributed by atoms with E-state index in [1.54, 1.807) is 12.1 Å². The van der Waals surface area contributed by atoms with Gasteiger partial charge in [-0.1, -0.05) is 15.9 Å². The van der Waals surface area contributed by atoms with E-state index in [1.807, 2.05) is 6.07 Å². The van der Waals surface area contributed by atoms with Gasteiger partial charge in [-0.05, 0) is 38.1 Å². The summed E-state index contributed by atoms with van der Waals surface area (Å²) in [5, 5.41) is 14.2. The molecule has 1 saturated heterocycles. The Hall–Kier alpha value is -0.980. The van der Waals surface area contributed by atoms with Crippen molar-refractivity contribution in [2.45, 2.75) is 25.4 Å². The quantitative estimate of drug-likeness (QED) is 0.667. The predicted molar refractivity (Wildman–Crippen MR) is 78.2 cm³/mol. The highest BCUT2D eigenvalue weighted by Gasteiger charge is 2.17. The average molecular weight is 328 g/mol. The lowest BCUT2D eigenvalue weighted by molar-refractivity contribution is -0.384. The molecule has 1 heterocycles. The van der Waals surface area contributed by atoms with E-state index in [9.17, 15) is 10.1 Å². The second-order valence-corrected chi connectivity index (χ2v) is 5.88. The maximum absolute atomic E-state index is 10.7. The number of nitro groups is 1. The zero-order valence-corrected chi connectivity index (χ0v) is 12.5. The first-order valence-corrected chi connectivity index (χ1v) is 7.20. The van der Waals surface area contributed by atoms with E-state index in [2.05, 4.69) is 33.2 Å². The van der Waals surface area contributed by atoms with Crippen molar-refractivity contribution < 1.29 is 4.92 Å². The molecule has 0 amide bonds. The number of nitro benzene ring substituents is 1. The third kappa shape index (κ3) is 3.99. The highest BCUT2D eigenvalue weighted by molar-refractivity contribution is 9.10. The lowest BCUT2D eigenvalue weighted by Crippen LogP contribution is -2.35. The van der Waals surface area contributed by atoms with Gasteiger partial charge in [0.2, 0.25) is 0 Å². The molecule has 1 aromatic carbocycles. The second kappa shape index (κ2) is 6.45. The van der Waals surface area contributed by atoms with Gasteiger partial charge in [0.05, 0.1) is 4.92 Å². The van der Waals surface area contributed by atoms with Crippen molar-refractivity contribution in [3.8, 4) is 0 Å². The summed E-state index contributed by atoms with van der Waals surface area (Å²) >= 11 is 3.41. The number of rotatable bonds is 5. The molecule has 104 valence electrons. The van der Waals surface area contributed by atoms with E-state index in [-0.39, 0.29) is 10.6 Å². The number of benzene rings is 1. The van der Waals surface area contributed by atoms with Crippen LogP contribution in [-0.2, 0) is 6.54 Å². The van der Waals surface area contributed by atoms with Crippen LogP contribution < -0.4 is 5.32 Å². The Labute approximate surface area is 121 Å². The average Bonchev–Trinajstić information content (AvgIpc) is 2.84. The molecular formula is C13H18BrN3O2. The lowest BCUT2D eigenvalue weighted by Gasteiger charge is -2.21. The van der Waals surface area contributed by atoms with Crippen molar-refractivity contribution in [3.63, 3.8) is 0 Å². The van der Waals surface area contributed by atoms with Crippen molar-refractivity contribution in [3.05, 3.63) is 38.3 Å². The zero-order valence-electron chi connectivity index (χ0n) is 10.9. The molecule has 0 radical (unpaired) electrons. The van der Waals surface area contributed by atoms with Crippen LogP contribution in [0.15, 0.2) is 22.7 Å². The van der Waals surface area contributed by atoms with E-state index >= 15 is 0 Å². The van der Waals surface area contributed by atoms with E-state index < -0.39 is 0 Å². The van der Waals surface area contributed by atoms with Crippen LogP contribution in [0.25, 0.3) is 0 Å². The molecule has 5 nitrogen and oxygen atoms in total. The van der Waals surface area contributed by atoms with Crippen molar-refractivity contribution >= 4 is 21.6 Å². The fraction of sp³-hybridized carbons (Fsp3) is 0.538. The number of hydrogen-bond donors (Lipinski definition) is 1. The van der Waals surface area contributed by atoms with E-state index in [4.69, 9.17) is 0 Å². The number of halogens is 1. The molecular weight excluding hydrogens is 310 g/mol. The number of non-ortho nitro benzene ring substituents is 1. The standard InChI is InChI=1S/C13H18BrN3O2/c1-16(9-11-3-2-6-15-11)8-10-4-5-12(17(18)19)7-13(10)14/h4-5,7,11,15H,2-3,6,8-9H2,1H3. The van der Waals surface area contributed by atoms with Crippen molar-refractivity contribution in [1.29, 1.82) is 0 Å². The van der Waals surface area contributed by atoms with Crippen LogP contribution >= 0.6 is 15.9 Å². The summed E-state index contributed by atoms with van der Waals surface area (Å²) in [7, 11) is 2.08. The Bertz CT molecular complexity index is 461. The van der Waals surface area contributed by atoms with Gasteiger partial charge in [-0.15, -0.1) is 0 Å². The number of likely N-dealkylation sites (N-methyl/N-ethyl adjacent to an activating group) is 1. The van der Waals surface area contributed by atoms with Crippen LogP contribution in [0.3, 0.4) is 0 Å². The summed E-state index contributed by atoms with van der Waals surface area (Å²) in [6.07, 6.45) is 2.48. The summed E-state index contributed by atoms with van der Waals surface area (Å²) in [5.41, 5.74) is 1.20. The molecule has 19 heavy (non-hydrogen) atoms. The van der Waals surface area contributed by atoms with Crippen LogP contribution in [0.4, 0.5) is 5.69 Å². The molecule has 1 aliphatic rings. The Balaban J connectivity index is 1.96. The zero-order chi connectivity index (χ0) is 13.8. The molecule has 1 fully saturated rings. The Morgan fingerprint density at radius 2 is 2.37 bits per heavy atom. The molecule has 2 rings (SSSR count). The van der Waals surface area contributed by atoms with E-state index in [0.29, 0.717) is 6.04 Å². The Kier molecular flexibility index (Phi) is 4.90. The molecule has 0 saturated carbocycles. The third-order valence-electron chi connectivity index (χ3n) is 3.38. The van der Waals surface area contributed by atoms with Crippen LogP contribution in [0.5, 0.6) is 0 Å². The first-order chi connectivity index (χ1) is 9.06. The molecule has 1 aromatic rings. The smallest absolute Gasteiger partial charge is 0.270 e. The minimum atomic E-state index is -0.374. The highest BCUT2D eigenvalue weighted by atomic mass is 79.9. The molecule has 1 aliphatic heterocycles. The summed E-state index contributed by atoms with van der Waals surface area (Å²) in [6, 6.07) is 5.52. The number of hydrogen-bond acceptors (Lipinski definition) is 4. The largest absolute Gasteiger partial charge is 0.313 e. The summed E-state index contributed by atoms with van der Waals surface area (Å²) in [6.45, 7) is 2.90. The minimum Gasteiger partial charge on any atom is -0.313 e. The van der Waals surface area contributed by atoms with E-state index in [0.717, 1.165) is 29.7 Å². The normalized spacial score (nSPS) is 19.0. The molecule has 0 aromatic heterocycles. The highest BCUT2D eigenvalue weighted by Crippen LogP contribution is 2.24. The number of nitrogens with one attached hydrogen (secondary N) is 1. The van der Waals surface area contributed by atoms with Gasteiger partial charge in [-0.2, -0.15) is 0 Å². The monoisotopic (exact) mass is 327 g/mol. The van der Waals surface area contributed by atoms with Crippen LogP contribution in [0.2, 0.25) is 0 Å². The molecule has 0 aliphatic carbocycles. The Morgan fingerprint density at radius 3 is 2.95 bits per heavy atom. The first kappa shape index (κ1) is 14.4. The molecule has 6 heteroatoms. The maximum atomic E-state index is 10.7. The topological polar surface area (TPSA) is 58.4 Å². The summed E-state index contributed by atoms with van der Waals surface area (Å²) in [5.74, 6) is 0.